The molecule has 5 atom stereocenters. The minimum Gasteiger partial charge on any atom is -0.498 e. The first-order valence-corrected chi connectivity index (χ1v) is 7.25. The second kappa shape index (κ2) is 4.09. The molecule has 6 heteroatoms. The summed E-state index contributed by atoms with van der Waals surface area (Å²) in [6.45, 7) is 1.85. The van der Waals surface area contributed by atoms with Crippen molar-refractivity contribution in [2.45, 2.75) is 37.2 Å². The van der Waals surface area contributed by atoms with Gasteiger partial charge in [0.05, 0.1) is 30.5 Å². The molecule has 21 heavy (non-hydrogen) atoms. The lowest BCUT2D eigenvalue weighted by Crippen LogP contribution is -2.51. The quantitative estimate of drug-likeness (QED) is 0.886. The second-order valence-electron chi connectivity index (χ2n) is 6.38. The predicted molar refractivity (Wildman–Crippen MR) is 73.4 cm³/mol. The van der Waals surface area contributed by atoms with E-state index in [1.165, 1.54) is 0 Å². The van der Waals surface area contributed by atoms with Crippen LogP contribution in [0, 0.1) is 12.8 Å². The molecular weight excluding hydrogens is 272 g/mol. The maximum absolute atomic E-state index is 11.0. The highest BCUT2D eigenvalue weighted by atomic mass is 16.6. The van der Waals surface area contributed by atoms with Crippen LogP contribution in [0.5, 0.6) is 0 Å². The number of rotatable bonds is 2. The minimum atomic E-state index is -0.808. The molecule has 1 saturated heterocycles. The Morgan fingerprint density at radius 3 is 2.90 bits per heavy atom. The van der Waals surface area contributed by atoms with E-state index in [-0.39, 0.29) is 18.1 Å². The Morgan fingerprint density at radius 1 is 1.48 bits per heavy atom. The molecule has 2 aliphatic heterocycles. The Hall–Kier alpha value is -1.37. The van der Waals surface area contributed by atoms with Gasteiger partial charge in [-0.15, -0.1) is 0 Å². The monoisotopic (exact) mass is 292 g/mol. The van der Waals surface area contributed by atoms with Crippen LogP contribution in [-0.4, -0.2) is 48.1 Å². The number of hydrogen-bond acceptors (Lipinski definition) is 6. The van der Waals surface area contributed by atoms with E-state index in [0.29, 0.717) is 5.69 Å². The fourth-order valence-corrected chi connectivity index (χ4v) is 4.38. The van der Waals surface area contributed by atoms with Gasteiger partial charge in [0.2, 0.25) is 0 Å². The van der Waals surface area contributed by atoms with Crippen molar-refractivity contribution in [1.29, 1.82) is 0 Å². The average molecular weight is 292 g/mol. The largest absolute Gasteiger partial charge is 0.498 e. The average Bonchev–Trinajstić information content (AvgIpc) is 3.09. The van der Waals surface area contributed by atoms with Crippen LogP contribution in [-0.2, 0) is 9.47 Å². The van der Waals surface area contributed by atoms with Crippen molar-refractivity contribution in [3.8, 4) is 0 Å². The molecule has 4 rings (SSSR count). The van der Waals surface area contributed by atoms with Crippen molar-refractivity contribution in [3.05, 3.63) is 28.9 Å². The molecule has 2 bridgehead atoms. The summed E-state index contributed by atoms with van der Waals surface area (Å²) < 4.78 is 17.3. The number of methoxy groups -OCH3 is 1. The van der Waals surface area contributed by atoms with Crippen molar-refractivity contribution < 1.29 is 19.1 Å². The Balaban J connectivity index is 1.95. The van der Waals surface area contributed by atoms with Gasteiger partial charge < -0.3 is 19.1 Å². The van der Waals surface area contributed by atoms with Crippen LogP contribution in [0.15, 0.2) is 16.4 Å². The maximum Gasteiger partial charge on any atom is 0.160 e. The van der Waals surface area contributed by atoms with Crippen molar-refractivity contribution in [2.24, 2.45) is 5.92 Å². The molecule has 1 aromatic rings. The van der Waals surface area contributed by atoms with E-state index in [4.69, 9.17) is 14.0 Å². The fourth-order valence-electron chi connectivity index (χ4n) is 4.38. The highest BCUT2D eigenvalue weighted by Crippen LogP contribution is 2.62. The van der Waals surface area contributed by atoms with Crippen LogP contribution in [0.2, 0.25) is 0 Å². The molecule has 3 aliphatic rings. The smallest absolute Gasteiger partial charge is 0.160 e. The van der Waals surface area contributed by atoms with Gasteiger partial charge >= 0.3 is 0 Å². The first-order valence-electron chi connectivity index (χ1n) is 7.25. The number of nitrogens with zero attached hydrogens (tertiary/aromatic N) is 2. The van der Waals surface area contributed by atoms with Gasteiger partial charge in [-0.3, -0.25) is 4.90 Å². The van der Waals surface area contributed by atoms with Gasteiger partial charge in [0, 0.05) is 5.92 Å². The molecule has 1 N–H and O–H groups in total. The third-order valence-corrected chi connectivity index (χ3v) is 5.15. The van der Waals surface area contributed by atoms with E-state index in [2.05, 4.69) is 10.1 Å². The van der Waals surface area contributed by atoms with Gasteiger partial charge in [-0.1, -0.05) is 5.16 Å². The van der Waals surface area contributed by atoms with Crippen molar-refractivity contribution in [3.63, 3.8) is 0 Å². The van der Waals surface area contributed by atoms with Crippen LogP contribution < -0.4 is 0 Å². The highest BCUT2D eigenvalue weighted by molar-refractivity contribution is 5.43. The summed E-state index contributed by atoms with van der Waals surface area (Å²) in [7, 11) is 5.66. The Kier molecular flexibility index (Phi) is 2.59. The third-order valence-electron chi connectivity index (χ3n) is 5.15. The summed E-state index contributed by atoms with van der Waals surface area (Å²) in [4.78, 5) is 2.11. The maximum atomic E-state index is 11.0. The fraction of sp³-hybridized carbons (Fsp3) is 0.667. The molecule has 0 aromatic carbocycles. The van der Waals surface area contributed by atoms with Crippen LogP contribution in [0.4, 0.5) is 0 Å². The molecular formula is C15H20N2O4. The molecule has 114 valence electrons. The number of aliphatic hydroxyl groups excluding tert-OH is 1. The third kappa shape index (κ3) is 1.40. The second-order valence-corrected chi connectivity index (χ2v) is 6.38. The number of aryl methyl sites for hydroxylation is 1. The molecule has 1 fully saturated rings. The number of aromatic nitrogens is 1. The molecule has 3 heterocycles. The normalized spacial score (nSPS) is 40.2. The molecule has 1 unspecified atom stereocenters. The number of fused-ring (bicyclic) bond motifs is 2. The lowest BCUT2D eigenvalue weighted by atomic mass is 9.66. The van der Waals surface area contributed by atoms with Crippen molar-refractivity contribution in [2.75, 3.05) is 21.2 Å². The summed E-state index contributed by atoms with van der Waals surface area (Å²) in [5.41, 5.74) is 0.652. The van der Waals surface area contributed by atoms with Gasteiger partial charge in [0.15, 0.2) is 11.4 Å². The molecule has 0 amide bonds. The summed E-state index contributed by atoms with van der Waals surface area (Å²) in [6, 6.07) is 0.0217. The summed E-state index contributed by atoms with van der Waals surface area (Å²) in [5.74, 6) is 1.58. The number of hydrogen-bond donors (Lipinski definition) is 1. The van der Waals surface area contributed by atoms with E-state index in [0.717, 1.165) is 23.5 Å². The molecule has 1 aromatic heterocycles. The highest BCUT2D eigenvalue weighted by Gasteiger charge is 2.67. The number of aliphatic hydroxyl groups is 1. The lowest BCUT2D eigenvalue weighted by Gasteiger charge is -2.46. The van der Waals surface area contributed by atoms with Gasteiger partial charge in [-0.25, -0.2) is 0 Å². The molecule has 0 radical (unpaired) electrons. The standard InChI is InChI=1S/C15H20N2O4/c1-7-11-13(21-16-7)12(17(2)3)9-5-8-6-10(19-4)15(9,20-8)14(11)18/h6,8-9,12,14,18H,5H2,1-4H3/t8-,9-,12-,14?,15-/m0/s1. The SMILES string of the molecule is COC1=C[C@@H]2C[C@H]3[C@H](N(C)C)c4onc(C)c4C(O)[C@@]13O2. The van der Waals surface area contributed by atoms with Gasteiger partial charge in [0.25, 0.3) is 0 Å². The van der Waals surface area contributed by atoms with Crippen molar-refractivity contribution in [1.82, 2.24) is 10.1 Å². The van der Waals surface area contributed by atoms with Crippen LogP contribution in [0.3, 0.4) is 0 Å². The van der Waals surface area contributed by atoms with E-state index >= 15 is 0 Å². The topological polar surface area (TPSA) is 68.0 Å². The van der Waals surface area contributed by atoms with Gasteiger partial charge in [-0.2, -0.15) is 0 Å². The van der Waals surface area contributed by atoms with Gasteiger partial charge in [0.1, 0.15) is 11.9 Å². The molecule has 1 aliphatic carbocycles. The Morgan fingerprint density at radius 2 is 2.24 bits per heavy atom. The van der Waals surface area contributed by atoms with E-state index in [9.17, 15) is 5.11 Å². The predicted octanol–water partition coefficient (Wildman–Crippen LogP) is 1.32. The first kappa shape index (κ1) is 13.3. The summed E-state index contributed by atoms with van der Waals surface area (Å²) in [6.07, 6.45) is 2.03. The summed E-state index contributed by atoms with van der Waals surface area (Å²) >= 11 is 0. The zero-order valence-electron chi connectivity index (χ0n) is 12.7. The lowest BCUT2D eigenvalue weighted by molar-refractivity contribution is -0.131. The van der Waals surface area contributed by atoms with E-state index in [1.54, 1.807) is 7.11 Å². The Labute approximate surface area is 123 Å². The van der Waals surface area contributed by atoms with E-state index < -0.39 is 11.7 Å². The zero-order valence-corrected chi connectivity index (χ0v) is 12.7. The Bertz CT molecular complexity index is 623. The van der Waals surface area contributed by atoms with Crippen LogP contribution >= 0.6 is 0 Å². The summed E-state index contributed by atoms with van der Waals surface area (Å²) in [5, 5.41) is 15.1. The number of ether oxygens (including phenoxy) is 2. The zero-order chi connectivity index (χ0) is 14.9. The van der Waals surface area contributed by atoms with Crippen molar-refractivity contribution >= 4 is 0 Å². The molecule has 1 spiro atoms. The first-order chi connectivity index (χ1) is 10.0. The minimum absolute atomic E-state index is 0.000628. The van der Waals surface area contributed by atoms with Gasteiger partial charge in [-0.05, 0) is 33.5 Å². The van der Waals surface area contributed by atoms with E-state index in [1.807, 2.05) is 27.1 Å². The molecule has 6 nitrogen and oxygen atoms in total. The van der Waals surface area contributed by atoms with Crippen LogP contribution in [0.25, 0.3) is 0 Å². The molecule has 0 saturated carbocycles. The van der Waals surface area contributed by atoms with Crippen LogP contribution in [0.1, 0.15) is 35.6 Å².